The molecule has 7 nitrogen and oxygen atoms in total. The molecule has 1 amide bonds. The Hall–Kier alpha value is -2.90. The van der Waals surface area contributed by atoms with Crippen LogP contribution >= 0.6 is 0 Å². The van der Waals surface area contributed by atoms with Gasteiger partial charge in [-0.1, -0.05) is 6.07 Å². The number of rotatable bonds is 2. The molecular weight excluding hydrogens is 313 g/mol. The van der Waals surface area contributed by atoms with E-state index >= 15 is 0 Å². The second-order valence-electron chi connectivity index (χ2n) is 6.19. The maximum absolute atomic E-state index is 13.9. The number of amides is 1. The number of fused-ring (bicyclic) bond motifs is 1. The van der Waals surface area contributed by atoms with Crippen molar-refractivity contribution in [1.29, 1.82) is 0 Å². The Balaban J connectivity index is 1.56. The lowest BCUT2D eigenvalue weighted by Gasteiger charge is -2.38. The lowest BCUT2D eigenvalue weighted by atomic mass is 9.98. The SMILES string of the molecule is Cc1ccc(F)c2[nH]c(C(=O)N3CC(c4n[nH]c(=O)n4C)C3)cc12. The molecule has 0 spiro atoms. The molecule has 0 unspecified atom stereocenters. The van der Waals surface area contributed by atoms with E-state index in [0.29, 0.717) is 35.5 Å². The molecule has 0 bridgehead atoms. The van der Waals surface area contributed by atoms with Crippen molar-refractivity contribution in [1.82, 2.24) is 24.6 Å². The van der Waals surface area contributed by atoms with Gasteiger partial charge in [-0.25, -0.2) is 14.3 Å². The van der Waals surface area contributed by atoms with Crippen LogP contribution in [0.1, 0.15) is 27.8 Å². The van der Waals surface area contributed by atoms with Gasteiger partial charge in [0.2, 0.25) is 0 Å². The average Bonchev–Trinajstić information content (AvgIpc) is 3.09. The van der Waals surface area contributed by atoms with Crippen LogP contribution in [0.3, 0.4) is 0 Å². The van der Waals surface area contributed by atoms with Gasteiger partial charge in [0.1, 0.15) is 17.3 Å². The average molecular weight is 329 g/mol. The first-order valence-electron chi connectivity index (χ1n) is 7.64. The summed E-state index contributed by atoms with van der Waals surface area (Å²) in [6.07, 6.45) is 0. The van der Waals surface area contributed by atoms with E-state index in [1.165, 1.54) is 10.6 Å². The summed E-state index contributed by atoms with van der Waals surface area (Å²) in [6, 6.07) is 4.77. The third kappa shape index (κ3) is 2.06. The monoisotopic (exact) mass is 329 g/mol. The highest BCUT2D eigenvalue weighted by molar-refractivity contribution is 5.99. The molecule has 0 aliphatic carbocycles. The highest BCUT2D eigenvalue weighted by atomic mass is 19.1. The van der Waals surface area contributed by atoms with E-state index in [4.69, 9.17) is 0 Å². The highest BCUT2D eigenvalue weighted by Gasteiger charge is 2.35. The molecule has 1 aliphatic rings. The van der Waals surface area contributed by atoms with Crippen LogP contribution < -0.4 is 5.69 Å². The number of aromatic nitrogens is 4. The standard InChI is InChI=1S/C16H16FN5O2/c1-8-3-4-11(17)13-10(8)5-12(18-13)15(23)22-6-9(7-22)14-19-20-16(24)21(14)2/h3-5,9,18H,6-7H2,1-2H3,(H,20,24). The van der Waals surface area contributed by atoms with E-state index in [2.05, 4.69) is 15.2 Å². The Kier molecular flexibility index (Phi) is 3.09. The summed E-state index contributed by atoms with van der Waals surface area (Å²) in [5.74, 6) is 0.118. The fourth-order valence-electron chi connectivity index (χ4n) is 3.14. The molecule has 1 aliphatic heterocycles. The molecule has 3 heterocycles. The zero-order chi connectivity index (χ0) is 17.0. The Morgan fingerprint density at radius 1 is 1.38 bits per heavy atom. The summed E-state index contributed by atoms with van der Waals surface area (Å²) in [5.41, 5.74) is 1.36. The van der Waals surface area contributed by atoms with Crippen LogP contribution in [0.4, 0.5) is 4.39 Å². The molecule has 1 aromatic carbocycles. The molecule has 0 saturated carbocycles. The number of carbonyl (C=O) groups is 1. The van der Waals surface area contributed by atoms with Crippen LogP contribution in [0, 0.1) is 12.7 Å². The number of halogens is 1. The van der Waals surface area contributed by atoms with E-state index in [-0.39, 0.29) is 23.3 Å². The minimum atomic E-state index is -0.373. The fourth-order valence-corrected chi connectivity index (χ4v) is 3.14. The van der Waals surface area contributed by atoms with Gasteiger partial charge in [-0.2, -0.15) is 5.10 Å². The van der Waals surface area contributed by atoms with Crippen molar-refractivity contribution in [2.24, 2.45) is 7.05 Å². The number of aryl methyl sites for hydroxylation is 1. The summed E-state index contributed by atoms with van der Waals surface area (Å²) in [6.45, 7) is 2.84. The van der Waals surface area contributed by atoms with Crippen molar-refractivity contribution < 1.29 is 9.18 Å². The fraction of sp³-hybridized carbons (Fsp3) is 0.312. The topological polar surface area (TPSA) is 86.8 Å². The zero-order valence-corrected chi connectivity index (χ0v) is 13.3. The van der Waals surface area contributed by atoms with Gasteiger partial charge in [-0.05, 0) is 24.6 Å². The second-order valence-corrected chi connectivity index (χ2v) is 6.19. The van der Waals surface area contributed by atoms with Crippen molar-refractivity contribution in [3.05, 3.63) is 51.6 Å². The third-order valence-corrected chi connectivity index (χ3v) is 4.64. The first-order chi connectivity index (χ1) is 11.5. The normalized spacial score (nSPS) is 15.0. The summed E-state index contributed by atoms with van der Waals surface area (Å²) in [5, 5.41) is 7.10. The first kappa shape index (κ1) is 14.7. The lowest BCUT2D eigenvalue weighted by molar-refractivity contribution is 0.0586. The number of carbonyl (C=O) groups excluding carboxylic acids is 1. The smallest absolute Gasteiger partial charge is 0.343 e. The molecular formula is C16H16FN5O2. The number of hydrogen-bond acceptors (Lipinski definition) is 3. The largest absolute Gasteiger partial charge is 0.348 e. The molecule has 2 N–H and O–H groups in total. The van der Waals surface area contributed by atoms with Gasteiger partial charge in [0.25, 0.3) is 5.91 Å². The Labute approximate surface area is 136 Å². The van der Waals surface area contributed by atoms with Gasteiger partial charge in [0.05, 0.1) is 11.4 Å². The van der Waals surface area contributed by atoms with E-state index in [9.17, 15) is 14.0 Å². The Morgan fingerprint density at radius 2 is 2.12 bits per heavy atom. The molecule has 0 radical (unpaired) electrons. The van der Waals surface area contributed by atoms with Crippen molar-refractivity contribution in [2.75, 3.05) is 13.1 Å². The van der Waals surface area contributed by atoms with Gasteiger partial charge >= 0.3 is 5.69 Å². The van der Waals surface area contributed by atoms with E-state index in [0.717, 1.165) is 5.56 Å². The van der Waals surface area contributed by atoms with Gasteiger partial charge < -0.3 is 9.88 Å². The number of likely N-dealkylation sites (tertiary alicyclic amines) is 1. The minimum absolute atomic E-state index is 0.0285. The number of nitrogens with one attached hydrogen (secondary N) is 2. The quantitative estimate of drug-likeness (QED) is 0.742. The van der Waals surface area contributed by atoms with Crippen LogP contribution in [-0.4, -0.2) is 43.6 Å². The van der Waals surface area contributed by atoms with Crippen molar-refractivity contribution >= 4 is 16.8 Å². The highest BCUT2D eigenvalue weighted by Crippen LogP contribution is 2.28. The molecule has 1 fully saturated rings. The summed E-state index contributed by atoms with van der Waals surface area (Å²) in [4.78, 5) is 28.5. The number of benzene rings is 1. The van der Waals surface area contributed by atoms with Gasteiger partial charge in [0.15, 0.2) is 0 Å². The van der Waals surface area contributed by atoms with E-state index in [1.54, 1.807) is 24.1 Å². The number of H-pyrrole nitrogens is 2. The number of aromatic amines is 2. The maximum Gasteiger partial charge on any atom is 0.343 e. The lowest BCUT2D eigenvalue weighted by Crippen LogP contribution is -2.49. The third-order valence-electron chi connectivity index (χ3n) is 4.64. The van der Waals surface area contributed by atoms with Crippen molar-refractivity contribution in [3.63, 3.8) is 0 Å². The Bertz CT molecular complexity index is 970. The van der Waals surface area contributed by atoms with E-state index < -0.39 is 0 Å². The van der Waals surface area contributed by atoms with Gasteiger partial charge in [0, 0.05) is 25.5 Å². The number of hydrogen-bond donors (Lipinski definition) is 2. The minimum Gasteiger partial charge on any atom is -0.348 e. The molecule has 1 saturated heterocycles. The zero-order valence-electron chi connectivity index (χ0n) is 13.3. The second kappa shape index (κ2) is 5.05. The molecule has 3 aromatic rings. The Morgan fingerprint density at radius 3 is 2.75 bits per heavy atom. The molecule has 24 heavy (non-hydrogen) atoms. The van der Waals surface area contributed by atoms with Crippen LogP contribution in [-0.2, 0) is 7.05 Å². The molecule has 4 rings (SSSR count). The van der Waals surface area contributed by atoms with Crippen molar-refractivity contribution in [2.45, 2.75) is 12.8 Å². The first-order valence-corrected chi connectivity index (χ1v) is 7.64. The predicted octanol–water partition coefficient (Wildman–Crippen LogP) is 1.28. The van der Waals surface area contributed by atoms with Crippen LogP contribution in [0.5, 0.6) is 0 Å². The maximum atomic E-state index is 13.9. The summed E-state index contributed by atoms with van der Waals surface area (Å²) < 4.78 is 15.3. The van der Waals surface area contributed by atoms with Crippen molar-refractivity contribution in [3.8, 4) is 0 Å². The van der Waals surface area contributed by atoms with Crippen LogP contribution in [0.2, 0.25) is 0 Å². The van der Waals surface area contributed by atoms with Crippen LogP contribution in [0.15, 0.2) is 23.0 Å². The molecule has 124 valence electrons. The summed E-state index contributed by atoms with van der Waals surface area (Å²) >= 11 is 0. The van der Waals surface area contributed by atoms with Gasteiger partial charge in [-0.3, -0.25) is 9.36 Å². The number of nitrogens with zero attached hydrogens (tertiary/aromatic N) is 3. The molecule has 8 heteroatoms. The van der Waals surface area contributed by atoms with Gasteiger partial charge in [-0.15, -0.1) is 0 Å². The van der Waals surface area contributed by atoms with Crippen LogP contribution in [0.25, 0.3) is 10.9 Å². The van der Waals surface area contributed by atoms with E-state index in [1.807, 2.05) is 6.92 Å². The molecule has 0 atom stereocenters. The summed E-state index contributed by atoms with van der Waals surface area (Å²) in [7, 11) is 1.65. The molecule has 2 aromatic heterocycles. The predicted molar refractivity (Wildman–Crippen MR) is 85.5 cm³/mol.